The van der Waals surface area contributed by atoms with Crippen molar-refractivity contribution in [2.24, 2.45) is 0 Å². The second kappa shape index (κ2) is 3.68. The van der Waals surface area contributed by atoms with Crippen LogP contribution in [0.3, 0.4) is 0 Å². The van der Waals surface area contributed by atoms with E-state index in [2.05, 4.69) is 0 Å². The topological polar surface area (TPSA) is 18.5 Å². The van der Waals surface area contributed by atoms with Crippen LogP contribution in [0.2, 0.25) is 0 Å². The van der Waals surface area contributed by atoms with Crippen LogP contribution in [0.15, 0.2) is 36.4 Å². The lowest BCUT2D eigenvalue weighted by atomic mass is 10.1. The van der Waals surface area contributed by atoms with E-state index in [4.69, 9.17) is 9.78 Å². The molecule has 1 aliphatic rings. The van der Waals surface area contributed by atoms with Crippen molar-refractivity contribution >= 4 is 0 Å². The van der Waals surface area contributed by atoms with Crippen LogP contribution in [0.25, 0.3) is 0 Å². The van der Waals surface area contributed by atoms with Crippen molar-refractivity contribution in [2.45, 2.75) is 6.10 Å². The van der Waals surface area contributed by atoms with Gasteiger partial charge in [0.05, 0.1) is 0 Å². The summed E-state index contributed by atoms with van der Waals surface area (Å²) in [6, 6.07) is 6.17. The minimum Gasteiger partial charge on any atom is -0.232 e. The molecular formula is C10H9FO2. The molecule has 0 unspecified atom stereocenters. The Labute approximate surface area is 75.5 Å². The van der Waals surface area contributed by atoms with Gasteiger partial charge in [-0.2, -0.15) is 0 Å². The third-order valence-electron chi connectivity index (χ3n) is 1.85. The molecule has 1 aromatic carbocycles. The van der Waals surface area contributed by atoms with Crippen LogP contribution in [-0.2, 0) is 9.78 Å². The largest absolute Gasteiger partial charge is 0.232 e. The first-order valence-electron chi connectivity index (χ1n) is 4.06. The van der Waals surface area contributed by atoms with E-state index in [0.717, 1.165) is 5.56 Å². The highest BCUT2D eigenvalue weighted by atomic mass is 19.1. The van der Waals surface area contributed by atoms with E-state index in [1.54, 1.807) is 12.1 Å². The van der Waals surface area contributed by atoms with Gasteiger partial charge in [-0.15, -0.1) is 0 Å². The molecule has 0 N–H and O–H groups in total. The Hall–Kier alpha value is -1.19. The molecule has 0 bridgehead atoms. The average molecular weight is 180 g/mol. The van der Waals surface area contributed by atoms with Gasteiger partial charge in [-0.3, -0.25) is 0 Å². The molecule has 0 aliphatic carbocycles. The van der Waals surface area contributed by atoms with Gasteiger partial charge in [-0.25, -0.2) is 14.2 Å². The average Bonchev–Trinajstić information content (AvgIpc) is 2.20. The normalized spacial score (nSPS) is 21.8. The zero-order chi connectivity index (χ0) is 9.10. The first kappa shape index (κ1) is 8.41. The Kier molecular flexibility index (Phi) is 2.38. The summed E-state index contributed by atoms with van der Waals surface area (Å²) in [5, 5.41) is 0. The van der Waals surface area contributed by atoms with Crippen LogP contribution in [0.1, 0.15) is 11.7 Å². The SMILES string of the molecule is Fc1ccc([C@@H]2C=CCOO2)cc1. The zero-order valence-electron chi connectivity index (χ0n) is 6.94. The molecule has 0 radical (unpaired) electrons. The molecule has 2 rings (SSSR count). The van der Waals surface area contributed by atoms with E-state index in [-0.39, 0.29) is 11.9 Å². The minimum atomic E-state index is -0.246. The highest BCUT2D eigenvalue weighted by molar-refractivity contribution is 5.22. The van der Waals surface area contributed by atoms with Crippen LogP contribution in [0.4, 0.5) is 4.39 Å². The summed E-state index contributed by atoms with van der Waals surface area (Å²) in [5.74, 6) is -0.246. The number of rotatable bonds is 1. The molecule has 2 nitrogen and oxygen atoms in total. The predicted octanol–water partition coefficient (Wildman–Crippen LogP) is 2.38. The molecule has 3 heteroatoms. The molecule has 1 aromatic rings. The second-order valence-corrected chi connectivity index (χ2v) is 2.78. The Morgan fingerprint density at radius 1 is 1.23 bits per heavy atom. The molecule has 0 spiro atoms. The van der Waals surface area contributed by atoms with Crippen molar-refractivity contribution in [2.75, 3.05) is 6.61 Å². The predicted molar refractivity (Wildman–Crippen MR) is 45.3 cm³/mol. The van der Waals surface area contributed by atoms with E-state index in [0.29, 0.717) is 6.61 Å². The van der Waals surface area contributed by atoms with Gasteiger partial charge in [-0.1, -0.05) is 18.2 Å². The van der Waals surface area contributed by atoms with Gasteiger partial charge in [0.15, 0.2) is 0 Å². The fourth-order valence-corrected chi connectivity index (χ4v) is 1.18. The molecule has 0 fully saturated rings. The van der Waals surface area contributed by atoms with Crippen molar-refractivity contribution in [1.29, 1.82) is 0 Å². The summed E-state index contributed by atoms with van der Waals surface area (Å²) < 4.78 is 12.6. The molecule has 1 heterocycles. The Morgan fingerprint density at radius 2 is 2.00 bits per heavy atom. The molecule has 0 aromatic heterocycles. The quantitative estimate of drug-likeness (QED) is 0.488. The van der Waals surface area contributed by atoms with E-state index < -0.39 is 0 Å². The fourth-order valence-electron chi connectivity index (χ4n) is 1.18. The van der Waals surface area contributed by atoms with Gasteiger partial charge in [-0.05, 0) is 23.8 Å². The summed E-state index contributed by atoms with van der Waals surface area (Å²) in [5.41, 5.74) is 0.886. The first-order chi connectivity index (χ1) is 6.36. The van der Waals surface area contributed by atoms with Gasteiger partial charge < -0.3 is 0 Å². The number of benzene rings is 1. The van der Waals surface area contributed by atoms with E-state index in [1.807, 2.05) is 12.2 Å². The second-order valence-electron chi connectivity index (χ2n) is 2.78. The van der Waals surface area contributed by atoms with Crippen LogP contribution < -0.4 is 0 Å². The van der Waals surface area contributed by atoms with E-state index in [1.165, 1.54) is 12.1 Å². The summed E-state index contributed by atoms with van der Waals surface area (Å²) in [7, 11) is 0. The molecule has 13 heavy (non-hydrogen) atoms. The number of halogens is 1. The zero-order valence-corrected chi connectivity index (χ0v) is 6.94. The Bertz CT molecular complexity index is 305. The van der Waals surface area contributed by atoms with Crippen LogP contribution in [0.5, 0.6) is 0 Å². The molecule has 1 atom stereocenters. The summed E-state index contributed by atoms with van der Waals surface area (Å²) in [4.78, 5) is 9.78. The van der Waals surface area contributed by atoms with Crippen molar-refractivity contribution in [3.05, 3.63) is 47.8 Å². The highest BCUT2D eigenvalue weighted by Gasteiger charge is 2.11. The summed E-state index contributed by atoms with van der Waals surface area (Å²) in [6.45, 7) is 0.470. The molecular weight excluding hydrogens is 171 g/mol. The number of hydrogen-bond donors (Lipinski definition) is 0. The summed E-state index contributed by atoms with van der Waals surface area (Å²) >= 11 is 0. The van der Waals surface area contributed by atoms with Crippen molar-refractivity contribution < 1.29 is 14.2 Å². The van der Waals surface area contributed by atoms with Crippen LogP contribution >= 0.6 is 0 Å². The van der Waals surface area contributed by atoms with Gasteiger partial charge in [0.1, 0.15) is 18.5 Å². The maximum absolute atomic E-state index is 12.6. The van der Waals surface area contributed by atoms with Gasteiger partial charge >= 0.3 is 0 Å². The van der Waals surface area contributed by atoms with Crippen molar-refractivity contribution in [1.82, 2.24) is 0 Å². The Balaban J connectivity index is 2.19. The molecule has 1 aliphatic heterocycles. The minimum absolute atomic E-state index is 0.214. The third kappa shape index (κ3) is 1.94. The van der Waals surface area contributed by atoms with Gasteiger partial charge in [0, 0.05) is 0 Å². The maximum atomic E-state index is 12.6. The van der Waals surface area contributed by atoms with Gasteiger partial charge in [0.2, 0.25) is 0 Å². The summed E-state index contributed by atoms with van der Waals surface area (Å²) in [6.07, 6.45) is 3.54. The standard InChI is InChI=1S/C10H9FO2/c11-9-5-3-8(4-6-9)10-2-1-7-12-13-10/h1-6,10H,7H2/t10-/m0/s1. The smallest absolute Gasteiger partial charge is 0.136 e. The molecule has 0 saturated carbocycles. The van der Waals surface area contributed by atoms with Crippen molar-refractivity contribution in [3.63, 3.8) is 0 Å². The van der Waals surface area contributed by atoms with Gasteiger partial charge in [0.25, 0.3) is 0 Å². The lowest BCUT2D eigenvalue weighted by Gasteiger charge is -2.16. The van der Waals surface area contributed by atoms with Crippen molar-refractivity contribution in [3.8, 4) is 0 Å². The monoisotopic (exact) mass is 180 g/mol. The Morgan fingerprint density at radius 3 is 2.62 bits per heavy atom. The first-order valence-corrected chi connectivity index (χ1v) is 4.06. The van der Waals surface area contributed by atoms with Crippen LogP contribution in [-0.4, -0.2) is 6.61 Å². The maximum Gasteiger partial charge on any atom is 0.136 e. The molecule has 68 valence electrons. The highest BCUT2D eigenvalue weighted by Crippen LogP contribution is 2.21. The fraction of sp³-hybridized carbons (Fsp3) is 0.200. The van der Waals surface area contributed by atoms with Crippen LogP contribution in [0, 0.1) is 5.82 Å². The lowest BCUT2D eigenvalue weighted by molar-refractivity contribution is -0.315. The molecule has 0 saturated heterocycles. The lowest BCUT2D eigenvalue weighted by Crippen LogP contribution is -2.07. The van der Waals surface area contributed by atoms with E-state index in [9.17, 15) is 4.39 Å². The third-order valence-corrected chi connectivity index (χ3v) is 1.85. The molecule has 0 amide bonds. The number of hydrogen-bond acceptors (Lipinski definition) is 2. The van der Waals surface area contributed by atoms with E-state index >= 15 is 0 Å².